The molecule has 2 aliphatic rings. The fraction of sp³-hybridized carbons (Fsp3) is 0.294. The zero-order valence-electron chi connectivity index (χ0n) is 12.3. The number of hydrogen-bond acceptors (Lipinski definition) is 2. The maximum absolute atomic E-state index is 13.9. The number of anilines is 1. The van der Waals surface area contributed by atoms with E-state index in [2.05, 4.69) is 26.2 Å². The van der Waals surface area contributed by atoms with E-state index in [9.17, 15) is 9.18 Å². The number of pyridine rings is 1. The van der Waals surface area contributed by atoms with Crippen LogP contribution in [0.25, 0.3) is 0 Å². The molecular weight excluding hydrogens is 361 g/mol. The Kier molecular flexibility index (Phi) is 3.56. The molecule has 6 heteroatoms. The zero-order valence-corrected chi connectivity index (χ0v) is 13.9. The molecule has 2 aromatic rings. The predicted molar refractivity (Wildman–Crippen MR) is 88.7 cm³/mol. The predicted octanol–water partition coefficient (Wildman–Crippen LogP) is 4.28. The van der Waals surface area contributed by atoms with E-state index in [0.29, 0.717) is 12.0 Å². The SMILES string of the molecule is O=C(Nc1ccc(Br)cc1)N1[C@H]2CC[C@@H]1c1ccnc(F)c1C2. The molecule has 1 fully saturated rings. The van der Waals surface area contributed by atoms with Crippen molar-refractivity contribution in [2.45, 2.75) is 31.3 Å². The number of carbonyl (C=O) groups is 1. The van der Waals surface area contributed by atoms with Crippen LogP contribution in [-0.2, 0) is 6.42 Å². The lowest BCUT2D eigenvalue weighted by Gasteiger charge is -2.36. The molecule has 2 amide bonds. The molecule has 1 aromatic carbocycles. The highest BCUT2D eigenvalue weighted by Gasteiger charge is 2.43. The summed E-state index contributed by atoms with van der Waals surface area (Å²) < 4.78 is 14.9. The Morgan fingerprint density at radius 3 is 2.83 bits per heavy atom. The summed E-state index contributed by atoms with van der Waals surface area (Å²) >= 11 is 3.38. The number of aromatic nitrogens is 1. The van der Waals surface area contributed by atoms with Crippen molar-refractivity contribution >= 4 is 27.6 Å². The first-order valence-electron chi connectivity index (χ1n) is 7.61. The second-order valence-electron chi connectivity index (χ2n) is 5.96. The van der Waals surface area contributed by atoms with Crippen LogP contribution in [0, 0.1) is 5.95 Å². The molecule has 0 aliphatic carbocycles. The lowest BCUT2D eigenvalue weighted by Crippen LogP contribution is -2.44. The van der Waals surface area contributed by atoms with Gasteiger partial charge in [-0.05, 0) is 55.2 Å². The number of urea groups is 1. The largest absolute Gasteiger partial charge is 0.322 e. The number of carbonyl (C=O) groups excluding carboxylic acids is 1. The molecule has 2 bridgehead atoms. The topological polar surface area (TPSA) is 45.2 Å². The molecule has 3 heterocycles. The van der Waals surface area contributed by atoms with Gasteiger partial charge in [-0.15, -0.1) is 0 Å². The summed E-state index contributed by atoms with van der Waals surface area (Å²) in [5, 5.41) is 2.94. The van der Waals surface area contributed by atoms with Gasteiger partial charge in [-0.3, -0.25) is 0 Å². The molecule has 1 N–H and O–H groups in total. The van der Waals surface area contributed by atoms with Crippen molar-refractivity contribution in [1.82, 2.24) is 9.88 Å². The Morgan fingerprint density at radius 1 is 1.26 bits per heavy atom. The highest BCUT2D eigenvalue weighted by molar-refractivity contribution is 9.10. The fourth-order valence-corrected chi connectivity index (χ4v) is 3.91. The molecule has 4 nitrogen and oxygen atoms in total. The van der Waals surface area contributed by atoms with E-state index in [1.807, 2.05) is 35.2 Å². The van der Waals surface area contributed by atoms with Crippen molar-refractivity contribution in [3.63, 3.8) is 0 Å². The van der Waals surface area contributed by atoms with Crippen molar-refractivity contribution in [2.24, 2.45) is 0 Å². The van der Waals surface area contributed by atoms with Gasteiger partial charge in [0.1, 0.15) is 0 Å². The smallest absolute Gasteiger partial charge is 0.314 e. The van der Waals surface area contributed by atoms with E-state index in [-0.39, 0.29) is 18.1 Å². The fourth-order valence-electron chi connectivity index (χ4n) is 3.65. The van der Waals surface area contributed by atoms with Gasteiger partial charge in [0.15, 0.2) is 0 Å². The number of nitrogens with zero attached hydrogens (tertiary/aromatic N) is 2. The highest BCUT2D eigenvalue weighted by Crippen LogP contribution is 2.44. The van der Waals surface area contributed by atoms with Crippen molar-refractivity contribution in [3.05, 3.63) is 58.1 Å². The van der Waals surface area contributed by atoms with E-state index < -0.39 is 5.95 Å². The second-order valence-corrected chi connectivity index (χ2v) is 6.88. The molecule has 0 saturated carbocycles. The van der Waals surface area contributed by atoms with E-state index in [4.69, 9.17) is 0 Å². The molecule has 1 aromatic heterocycles. The Balaban J connectivity index is 1.60. The molecule has 118 valence electrons. The van der Waals surface area contributed by atoms with Crippen LogP contribution >= 0.6 is 15.9 Å². The van der Waals surface area contributed by atoms with Crippen molar-refractivity contribution < 1.29 is 9.18 Å². The molecule has 0 spiro atoms. The van der Waals surface area contributed by atoms with Gasteiger partial charge in [0.25, 0.3) is 0 Å². The number of fused-ring (bicyclic) bond motifs is 4. The van der Waals surface area contributed by atoms with Gasteiger partial charge in [0.2, 0.25) is 5.95 Å². The Morgan fingerprint density at radius 2 is 2.04 bits per heavy atom. The second kappa shape index (κ2) is 5.60. The number of nitrogens with one attached hydrogen (secondary N) is 1. The molecule has 23 heavy (non-hydrogen) atoms. The molecule has 1 saturated heterocycles. The van der Waals surface area contributed by atoms with Crippen molar-refractivity contribution in [2.75, 3.05) is 5.32 Å². The Bertz CT molecular complexity index is 765. The van der Waals surface area contributed by atoms with Crippen LogP contribution < -0.4 is 5.32 Å². The number of hydrogen-bond donors (Lipinski definition) is 1. The lowest BCUT2D eigenvalue weighted by atomic mass is 9.95. The third kappa shape index (κ3) is 2.51. The first-order valence-corrected chi connectivity index (χ1v) is 8.41. The van der Waals surface area contributed by atoms with E-state index in [1.165, 1.54) is 6.20 Å². The average molecular weight is 376 g/mol. The maximum atomic E-state index is 13.9. The van der Waals surface area contributed by atoms with E-state index >= 15 is 0 Å². The third-order valence-corrected chi connectivity index (χ3v) is 5.20. The van der Waals surface area contributed by atoms with Gasteiger partial charge in [0, 0.05) is 28.0 Å². The van der Waals surface area contributed by atoms with E-state index in [1.54, 1.807) is 0 Å². The normalized spacial score (nSPS) is 21.9. The molecular formula is C17H15BrFN3O. The van der Waals surface area contributed by atoms with Crippen LogP contribution in [0.4, 0.5) is 14.9 Å². The first kappa shape index (κ1) is 14.6. The summed E-state index contributed by atoms with van der Waals surface area (Å²) in [5.74, 6) is -0.396. The minimum atomic E-state index is -0.396. The third-order valence-electron chi connectivity index (χ3n) is 4.67. The van der Waals surface area contributed by atoms with Gasteiger partial charge in [-0.25, -0.2) is 9.78 Å². The summed E-state index contributed by atoms with van der Waals surface area (Å²) in [5.41, 5.74) is 2.33. The number of halogens is 2. The van der Waals surface area contributed by atoms with Crippen LogP contribution in [0.15, 0.2) is 41.0 Å². The van der Waals surface area contributed by atoms with Crippen LogP contribution in [0.2, 0.25) is 0 Å². The first-order chi connectivity index (χ1) is 11.1. The molecule has 0 unspecified atom stereocenters. The van der Waals surface area contributed by atoms with Gasteiger partial charge < -0.3 is 10.2 Å². The van der Waals surface area contributed by atoms with Gasteiger partial charge >= 0.3 is 6.03 Å². The summed E-state index contributed by atoms with van der Waals surface area (Å²) in [4.78, 5) is 18.3. The standard InChI is InChI=1S/C17H15BrFN3O/c18-10-1-3-11(4-2-10)21-17(23)22-12-5-6-15(22)13-7-8-20-16(19)14(13)9-12/h1-4,7-8,12,15H,5-6,9H2,(H,21,23)/t12-,15+/m0/s1. The van der Waals surface area contributed by atoms with Crippen molar-refractivity contribution in [3.8, 4) is 0 Å². The quantitative estimate of drug-likeness (QED) is 0.756. The van der Waals surface area contributed by atoms with Crippen LogP contribution in [0.3, 0.4) is 0 Å². The van der Waals surface area contributed by atoms with Crippen LogP contribution in [0.1, 0.15) is 30.0 Å². The van der Waals surface area contributed by atoms with Crippen LogP contribution in [-0.4, -0.2) is 22.0 Å². The average Bonchev–Trinajstić information content (AvgIpc) is 2.86. The number of benzene rings is 1. The lowest BCUT2D eigenvalue weighted by molar-refractivity contribution is 0.178. The summed E-state index contributed by atoms with van der Waals surface area (Å²) in [6.07, 6.45) is 3.79. The summed E-state index contributed by atoms with van der Waals surface area (Å²) in [7, 11) is 0. The Labute approximate surface area is 141 Å². The maximum Gasteiger partial charge on any atom is 0.322 e. The molecule has 2 atom stereocenters. The summed E-state index contributed by atoms with van der Waals surface area (Å²) in [6, 6.07) is 9.18. The monoisotopic (exact) mass is 375 g/mol. The number of amides is 2. The van der Waals surface area contributed by atoms with Crippen molar-refractivity contribution in [1.29, 1.82) is 0 Å². The zero-order chi connectivity index (χ0) is 16.0. The minimum absolute atomic E-state index is 0.0432. The summed E-state index contributed by atoms with van der Waals surface area (Å²) in [6.45, 7) is 0. The number of rotatable bonds is 1. The van der Waals surface area contributed by atoms with Gasteiger partial charge in [0.05, 0.1) is 6.04 Å². The Hall–Kier alpha value is -1.95. The van der Waals surface area contributed by atoms with Crippen LogP contribution in [0.5, 0.6) is 0 Å². The van der Waals surface area contributed by atoms with Gasteiger partial charge in [-0.1, -0.05) is 15.9 Å². The molecule has 2 aliphatic heterocycles. The highest BCUT2D eigenvalue weighted by atomic mass is 79.9. The minimum Gasteiger partial charge on any atom is -0.314 e. The molecule has 0 radical (unpaired) electrons. The van der Waals surface area contributed by atoms with Gasteiger partial charge in [-0.2, -0.15) is 4.39 Å². The van der Waals surface area contributed by atoms with E-state index in [0.717, 1.165) is 28.6 Å². The molecule has 4 rings (SSSR count).